The Morgan fingerprint density at radius 3 is 2.76 bits per heavy atom. The molecule has 17 heavy (non-hydrogen) atoms. The predicted molar refractivity (Wildman–Crippen MR) is 60.5 cm³/mol. The van der Waals surface area contributed by atoms with Crippen molar-refractivity contribution in [3.8, 4) is 0 Å². The van der Waals surface area contributed by atoms with Gasteiger partial charge in [0.15, 0.2) is 0 Å². The van der Waals surface area contributed by atoms with Crippen molar-refractivity contribution >= 4 is 23.2 Å². The van der Waals surface area contributed by atoms with Gasteiger partial charge in [0.05, 0.1) is 17.3 Å². The van der Waals surface area contributed by atoms with Crippen LogP contribution in [0.15, 0.2) is 18.2 Å². The number of nitrogens with two attached hydrogens (primary N) is 2. The first-order valence-corrected chi connectivity index (χ1v) is 5.14. The lowest BCUT2D eigenvalue weighted by atomic mass is 10.1. The van der Waals surface area contributed by atoms with E-state index in [0.29, 0.717) is 5.69 Å². The van der Waals surface area contributed by atoms with Gasteiger partial charge in [0.2, 0.25) is 11.8 Å². The number of amides is 2. The molecule has 1 aliphatic rings. The third-order valence-electron chi connectivity index (χ3n) is 2.85. The smallest absolute Gasteiger partial charge is 0.227 e. The van der Waals surface area contributed by atoms with Gasteiger partial charge in [0.1, 0.15) is 5.82 Å². The summed E-state index contributed by atoms with van der Waals surface area (Å²) in [6.07, 6.45) is 0.0469. The Labute approximate surface area is 97.2 Å². The molecule has 1 aliphatic heterocycles. The van der Waals surface area contributed by atoms with Crippen molar-refractivity contribution in [2.24, 2.45) is 11.7 Å². The Hall–Kier alpha value is -2.11. The Morgan fingerprint density at radius 1 is 1.47 bits per heavy atom. The summed E-state index contributed by atoms with van der Waals surface area (Å²) >= 11 is 0. The van der Waals surface area contributed by atoms with Crippen LogP contribution in [0, 0.1) is 11.7 Å². The standard InChI is InChI=1S/C11H12FN3O2/c12-7-2-1-3-8(10(7)13)15-5-6(11(14)17)4-9(15)16/h1-3,6H,4-5,13H2,(H2,14,17). The lowest BCUT2D eigenvalue weighted by Gasteiger charge is -2.18. The highest BCUT2D eigenvalue weighted by molar-refractivity contribution is 6.02. The molecule has 1 aromatic rings. The van der Waals surface area contributed by atoms with E-state index in [2.05, 4.69) is 0 Å². The van der Waals surface area contributed by atoms with Crippen molar-refractivity contribution in [1.29, 1.82) is 0 Å². The zero-order valence-corrected chi connectivity index (χ0v) is 9.02. The van der Waals surface area contributed by atoms with Gasteiger partial charge in [-0.1, -0.05) is 6.07 Å². The van der Waals surface area contributed by atoms with Gasteiger partial charge in [-0.3, -0.25) is 9.59 Å². The monoisotopic (exact) mass is 237 g/mol. The van der Waals surface area contributed by atoms with Crippen LogP contribution in [0.5, 0.6) is 0 Å². The first kappa shape index (κ1) is 11.4. The van der Waals surface area contributed by atoms with Crippen molar-refractivity contribution in [3.05, 3.63) is 24.0 Å². The van der Waals surface area contributed by atoms with E-state index in [9.17, 15) is 14.0 Å². The number of hydrogen-bond donors (Lipinski definition) is 2. The predicted octanol–water partition coefficient (Wildman–Crippen LogP) is 0.246. The van der Waals surface area contributed by atoms with Gasteiger partial charge >= 0.3 is 0 Å². The number of benzene rings is 1. The fourth-order valence-corrected chi connectivity index (χ4v) is 1.89. The topological polar surface area (TPSA) is 89.4 Å². The van der Waals surface area contributed by atoms with Crippen molar-refractivity contribution < 1.29 is 14.0 Å². The molecule has 5 nitrogen and oxygen atoms in total. The molecular formula is C11H12FN3O2. The zero-order valence-electron chi connectivity index (χ0n) is 9.02. The number of nitrogen functional groups attached to an aromatic ring is 1. The van der Waals surface area contributed by atoms with Gasteiger partial charge in [-0.2, -0.15) is 0 Å². The maximum Gasteiger partial charge on any atom is 0.227 e. The Bertz CT molecular complexity index is 490. The highest BCUT2D eigenvalue weighted by atomic mass is 19.1. The van der Waals surface area contributed by atoms with Crippen LogP contribution in [0.1, 0.15) is 6.42 Å². The molecule has 6 heteroatoms. The number of halogens is 1. The van der Waals surface area contributed by atoms with Crippen molar-refractivity contribution in [2.75, 3.05) is 17.2 Å². The summed E-state index contributed by atoms with van der Waals surface area (Å²) in [5.74, 6) is -1.93. The first-order valence-electron chi connectivity index (χ1n) is 5.14. The van der Waals surface area contributed by atoms with E-state index in [1.807, 2.05) is 0 Å². The molecule has 0 saturated carbocycles. The minimum Gasteiger partial charge on any atom is -0.395 e. The molecule has 1 unspecified atom stereocenters. The number of primary amides is 1. The average molecular weight is 237 g/mol. The van der Waals surface area contributed by atoms with Gasteiger partial charge in [-0.15, -0.1) is 0 Å². The van der Waals surface area contributed by atoms with Gasteiger partial charge in [0.25, 0.3) is 0 Å². The summed E-state index contributed by atoms with van der Waals surface area (Å²) in [6.45, 7) is 0.155. The van der Waals surface area contributed by atoms with Crippen LogP contribution in [-0.4, -0.2) is 18.4 Å². The summed E-state index contributed by atoms with van der Waals surface area (Å²) in [6, 6.07) is 4.22. The SMILES string of the molecule is NC(=O)C1CC(=O)N(c2cccc(F)c2N)C1. The number of para-hydroxylation sites is 1. The summed E-state index contributed by atoms with van der Waals surface area (Å²) in [7, 11) is 0. The zero-order chi connectivity index (χ0) is 12.6. The summed E-state index contributed by atoms with van der Waals surface area (Å²) in [5.41, 5.74) is 10.9. The highest BCUT2D eigenvalue weighted by Crippen LogP contribution is 2.30. The molecule has 4 N–H and O–H groups in total. The van der Waals surface area contributed by atoms with Crippen LogP contribution in [0.4, 0.5) is 15.8 Å². The number of anilines is 2. The molecule has 0 aliphatic carbocycles. The summed E-state index contributed by atoms with van der Waals surface area (Å²) in [4.78, 5) is 24.0. The Kier molecular flexibility index (Phi) is 2.71. The Balaban J connectivity index is 2.32. The second-order valence-electron chi connectivity index (χ2n) is 3.98. The maximum atomic E-state index is 13.3. The second kappa shape index (κ2) is 4.04. The van der Waals surface area contributed by atoms with Crippen LogP contribution in [0.25, 0.3) is 0 Å². The largest absolute Gasteiger partial charge is 0.395 e. The summed E-state index contributed by atoms with van der Waals surface area (Å²) in [5, 5.41) is 0. The normalized spacial score (nSPS) is 19.7. The Morgan fingerprint density at radius 2 is 2.18 bits per heavy atom. The number of nitrogens with zero attached hydrogens (tertiary/aromatic N) is 1. The van der Waals surface area contributed by atoms with Gasteiger partial charge < -0.3 is 16.4 Å². The van der Waals surface area contributed by atoms with Crippen LogP contribution >= 0.6 is 0 Å². The molecule has 90 valence electrons. The third-order valence-corrected chi connectivity index (χ3v) is 2.85. The van der Waals surface area contributed by atoms with E-state index in [1.54, 1.807) is 6.07 Å². The van der Waals surface area contributed by atoms with E-state index in [1.165, 1.54) is 17.0 Å². The second-order valence-corrected chi connectivity index (χ2v) is 3.98. The molecule has 0 bridgehead atoms. The van der Waals surface area contributed by atoms with E-state index in [0.717, 1.165) is 0 Å². The molecule has 1 aromatic carbocycles. The molecule has 0 spiro atoms. The average Bonchev–Trinajstić information content (AvgIpc) is 2.65. The first-order chi connectivity index (χ1) is 8.00. The number of hydrogen-bond acceptors (Lipinski definition) is 3. The number of carbonyl (C=O) groups excluding carboxylic acids is 2. The van der Waals surface area contributed by atoms with Crippen molar-refractivity contribution in [1.82, 2.24) is 0 Å². The van der Waals surface area contributed by atoms with Crippen LogP contribution in [0.3, 0.4) is 0 Å². The molecule has 1 saturated heterocycles. The lowest BCUT2D eigenvalue weighted by Crippen LogP contribution is -2.29. The number of rotatable bonds is 2. The highest BCUT2D eigenvalue weighted by Gasteiger charge is 2.34. The van der Waals surface area contributed by atoms with Gasteiger partial charge in [0, 0.05) is 13.0 Å². The molecule has 1 heterocycles. The molecule has 0 radical (unpaired) electrons. The van der Waals surface area contributed by atoms with Crippen LogP contribution < -0.4 is 16.4 Å². The molecule has 2 rings (SSSR count). The van der Waals surface area contributed by atoms with Crippen molar-refractivity contribution in [2.45, 2.75) is 6.42 Å². The van der Waals surface area contributed by atoms with Gasteiger partial charge in [-0.05, 0) is 12.1 Å². The van der Waals surface area contributed by atoms with Crippen molar-refractivity contribution in [3.63, 3.8) is 0 Å². The molecular weight excluding hydrogens is 225 g/mol. The van der Waals surface area contributed by atoms with Crippen LogP contribution in [-0.2, 0) is 9.59 Å². The number of carbonyl (C=O) groups is 2. The quantitative estimate of drug-likeness (QED) is 0.722. The minimum atomic E-state index is -0.585. The fraction of sp³-hybridized carbons (Fsp3) is 0.273. The molecule has 2 amide bonds. The lowest BCUT2D eigenvalue weighted by molar-refractivity contribution is -0.123. The molecule has 1 atom stereocenters. The maximum absolute atomic E-state index is 13.3. The van der Waals surface area contributed by atoms with E-state index in [-0.39, 0.29) is 24.6 Å². The summed E-state index contributed by atoms with van der Waals surface area (Å²) < 4.78 is 13.3. The van der Waals surface area contributed by atoms with Crippen LogP contribution in [0.2, 0.25) is 0 Å². The molecule has 0 aromatic heterocycles. The van der Waals surface area contributed by atoms with Gasteiger partial charge in [-0.25, -0.2) is 4.39 Å². The van der Waals surface area contributed by atoms with E-state index in [4.69, 9.17) is 11.5 Å². The van der Waals surface area contributed by atoms with E-state index >= 15 is 0 Å². The minimum absolute atomic E-state index is 0.0469. The third kappa shape index (κ3) is 1.93. The molecule has 1 fully saturated rings. The van der Waals surface area contributed by atoms with E-state index < -0.39 is 17.6 Å². The fourth-order valence-electron chi connectivity index (χ4n) is 1.89.